The van der Waals surface area contributed by atoms with Gasteiger partial charge in [0.1, 0.15) is 5.71 Å². The Labute approximate surface area is 109 Å². The zero-order valence-electron chi connectivity index (χ0n) is 9.58. The maximum atomic E-state index is 5.54. The molecule has 0 aliphatic heterocycles. The van der Waals surface area contributed by atoms with Gasteiger partial charge in [-0.3, -0.25) is 4.98 Å². The van der Waals surface area contributed by atoms with Crippen LogP contribution in [0.4, 0.5) is 0 Å². The van der Waals surface area contributed by atoms with E-state index in [1.807, 2.05) is 41.8 Å². The van der Waals surface area contributed by atoms with Crippen molar-refractivity contribution in [2.24, 2.45) is 10.9 Å². The second-order valence-electron chi connectivity index (χ2n) is 3.84. The highest BCUT2D eigenvalue weighted by Gasteiger charge is 2.12. The van der Waals surface area contributed by atoms with Crippen LogP contribution < -0.4 is 5.84 Å². The molecule has 0 aliphatic rings. The number of rotatable bonds is 2. The molecule has 2 heterocycles. The van der Waals surface area contributed by atoms with Crippen LogP contribution in [0.3, 0.4) is 0 Å². The maximum absolute atomic E-state index is 5.54. The normalized spacial score (nSPS) is 11.9. The smallest absolute Gasteiger partial charge is 0.126 e. The lowest BCUT2D eigenvalue weighted by Gasteiger charge is -2.06. The predicted molar refractivity (Wildman–Crippen MR) is 75.9 cm³/mol. The Morgan fingerprint density at radius 3 is 2.78 bits per heavy atom. The monoisotopic (exact) mass is 253 g/mol. The fourth-order valence-corrected chi connectivity index (χ4v) is 2.68. The van der Waals surface area contributed by atoms with E-state index in [1.165, 1.54) is 0 Å². The van der Waals surface area contributed by atoms with Gasteiger partial charge in [-0.2, -0.15) is 5.10 Å². The van der Waals surface area contributed by atoms with Crippen molar-refractivity contribution in [3.05, 3.63) is 64.6 Å². The van der Waals surface area contributed by atoms with E-state index >= 15 is 0 Å². The fraction of sp³-hybridized carbons (Fsp3) is 0. The lowest BCUT2D eigenvalue weighted by Crippen LogP contribution is -2.07. The van der Waals surface area contributed by atoms with E-state index < -0.39 is 0 Å². The molecule has 2 aromatic heterocycles. The van der Waals surface area contributed by atoms with Gasteiger partial charge in [0.15, 0.2) is 0 Å². The van der Waals surface area contributed by atoms with E-state index in [-0.39, 0.29) is 0 Å². The number of pyridine rings is 1. The molecule has 2 N–H and O–H groups in total. The minimum atomic E-state index is 0.738. The molecule has 0 saturated carbocycles. The lowest BCUT2D eigenvalue weighted by molar-refractivity contribution is 1.22. The van der Waals surface area contributed by atoms with Crippen LogP contribution in [0.5, 0.6) is 0 Å². The molecule has 0 amide bonds. The summed E-state index contributed by atoms with van der Waals surface area (Å²) in [6, 6.07) is 14.1. The Bertz CT molecular complexity index is 697. The number of thiophene rings is 1. The number of nitrogens with zero attached hydrogens (tertiary/aromatic N) is 2. The molecule has 1 aromatic carbocycles. The first-order valence-electron chi connectivity index (χ1n) is 5.56. The molecule has 0 spiro atoms. The first-order chi connectivity index (χ1) is 8.90. The number of hydrazone groups is 1. The molecule has 18 heavy (non-hydrogen) atoms. The van der Waals surface area contributed by atoms with E-state index in [0.717, 1.165) is 27.1 Å². The Morgan fingerprint density at radius 2 is 2.00 bits per heavy atom. The summed E-state index contributed by atoms with van der Waals surface area (Å²) in [5.41, 5.74) is 1.57. The molecular formula is C14H11N3S. The van der Waals surface area contributed by atoms with Crippen molar-refractivity contribution in [1.29, 1.82) is 0 Å². The third kappa shape index (κ3) is 1.76. The van der Waals surface area contributed by atoms with E-state index in [9.17, 15) is 0 Å². The second kappa shape index (κ2) is 4.58. The molecule has 0 fully saturated rings. The Hall–Kier alpha value is -2.20. The highest BCUT2D eigenvalue weighted by molar-refractivity contribution is 7.12. The summed E-state index contributed by atoms with van der Waals surface area (Å²) in [5, 5.41) is 8.13. The second-order valence-corrected chi connectivity index (χ2v) is 4.78. The van der Waals surface area contributed by atoms with Gasteiger partial charge < -0.3 is 5.84 Å². The van der Waals surface area contributed by atoms with Crippen LogP contribution in [0.2, 0.25) is 0 Å². The van der Waals surface area contributed by atoms with Crippen molar-refractivity contribution < 1.29 is 0 Å². The van der Waals surface area contributed by atoms with Gasteiger partial charge in [0.2, 0.25) is 0 Å². The molecule has 88 valence electrons. The minimum Gasteiger partial charge on any atom is -0.323 e. The maximum Gasteiger partial charge on any atom is 0.126 e. The molecule has 3 rings (SSSR count). The van der Waals surface area contributed by atoms with Gasteiger partial charge in [-0.05, 0) is 22.9 Å². The van der Waals surface area contributed by atoms with E-state index in [1.54, 1.807) is 17.5 Å². The van der Waals surface area contributed by atoms with Crippen LogP contribution >= 0.6 is 11.3 Å². The average Bonchev–Trinajstić information content (AvgIpc) is 2.94. The van der Waals surface area contributed by atoms with Crippen LogP contribution in [0.15, 0.2) is 59.1 Å². The third-order valence-electron chi connectivity index (χ3n) is 2.78. The van der Waals surface area contributed by atoms with Crippen LogP contribution in [-0.4, -0.2) is 10.7 Å². The molecule has 0 radical (unpaired) electrons. The van der Waals surface area contributed by atoms with Crippen molar-refractivity contribution in [2.45, 2.75) is 0 Å². The minimum absolute atomic E-state index is 0.738. The summed E-state index contributed by atoms with van der Waals surface area (Å²) in [6.45, 7) is 0. The van der Waals surface area contributed by atoms with Crippen LogP contribution in [0, 0.1) is 0 Å². The molecule has 0 saturated heterocycles. The van der Waals surface area contributed by atoms with Crippen LogP contribution in [0.1, 0.15) is 10.6 Å². The number of aromatic nitrogens is 1. The number of nitrogens with two attached hydrogens (primary N) is 1. The quantitative estimate of drug-likeness (QED) is 0.433. The van der Waals surface area contributed by atoms with Gasteiger partial charge in [0.25, 0.3) is 0 Å². The third-order valence-corrected chi connectivity index (χ3v) is 3.66. The van der Waals surface area contributed by atoms with E-state index in [0.29, 0.717) is 0 Å². The molecule has 0 unspecified atom stereocenters. The average molecular weight is 253 g/mol. The summed E-state index contributed by atoms with van der Waals surface area (Å²) in [5.74, 6) is 5.54. The summed E-state index contributed by atoms with van der Waals surface area (Å²) >= 11 is 1.61. The standard InChI is InChI=1S/C14H11N3S/c15-17-14(12-6-3-9-18-12)13-11-5-2-1-4-10(11)7-8-16-13/h1-9H,15H2. The Morgan fingerprint density at radius 1 is 1.11 bits per heavy atom. The Balaban J connectivity index is 2.26. The van der Waals surface area contributed by atoms with Gasteiger partial charge in [0.05, 0.1) is 10.6 Å². The SMILES string of the molecule is NN=C(c1cccs1)c1nccc2ccccc12. The first-order valence-corrected chi connectivity index (χ1v) is 6.44. The highest BCUT2D eigenvalue weighted by Crippen LogP contribution is 2.21. The van der Waals surface area contributed by atoms with E-state index in [2.05, 4.69) is 16.2 Å². The van der Waals surface area contributed by atoms with Crippen LogP contribution in [0.25, 0.3) is 10.8 Å². The molecule has 0 bridgehead atoms. The topological polar surface area (TPSA) is 51.3 Å². The Kier molecular flexibility index (Phi) is 2.78. The van der Waals surface area contributed by atoms with Gasteiger partial charge in [-0.15, -0.1) is 11.3 Å². The first kappa shape index (κ1) is 10.9. The summed E-state index contributed by atoms with van der Waals surface area (Å²) in [7, 11) is 0. The van der Waals surface area contributed by atoms with Crippen molar-refractivity contribution in [3.63, 3.8) is 0 Å². The summed E-state index contributed by atoms with van der Waals surface area (Å²) in [6.07, 6.45) is 1.79. The van der Waals surface area contributed by atoms with Gasteiger partial charge in [-0.25, -0.2) is 0 Å². The highest BCUT2D eigenvalue weighted by atomic mass is 32.1. The lowest BCUT2D eigenvalue weighted by atomic mass is 10.1. The molecular weight excluding hydrogens is 242 g/mol. The molecule has 4 heteroatoms. The van der Waals surface area contributed by atoms with Crippen molar-refractivity contribution in [3.8, 4) is 0 Å². The molecule has 3 nitrogen and oxygen atoms in total. The van der Waals surface area contributed by atoms with Crippen LogP contribution in [-0.2, 0) is 0 Å². The number of hydrogen-bond acceptors (Lipinski definition) is 4. The van der Waals surface area contributed by atoms with Gasteiger partial charge in [0, 0.05) is 11.6 Å². The summed E-state index contributed by atoms with van der Waals surface area (Å²) in [4.78, 5) is 5.46. The molecule has 0 aliphatic carbocycles. The van der Waals surface area contributed by atoms with Gasteiger partial charge in [-0.1, -0.05) is 30.3 Å². The predicted octanol–water partition coefficient (Wildman–Crippen LogP) is 3.01. The van der Waals surface area contributed by atoms with E-state index in [4.69, 9.17) is 5.84 Å². The molecule has 0 atom stereocenters. The van der Waals surface area contributed by atoms with Crippen molar-refractivity contribution in [2.75, 3.05) is 0 Å². The zero-order chi connectivity index (χ0) is 12.4. The fourth-order valence-electron chi connectivity index (χ4n) is 1.96. The number of benzene rings is 1. The van der Waals surface area contributed by atoms with Crippen molar-refractivity contribution >= 4 is 27.8 Å². The number of fused-ring (bicyclic) bond motifs is 1. The van der Waals surface area contributed by atoms with Crippen molar-refractivity contribution in [1.82, 2.24) is 4.98 Å². The number of hydrogen-bond donors (Lipinski definition) is 1. The zero-order valence-corrected chi connectivity index (χ0v) is 10.4. The largest absolute Gasteiger partial charge is 0.323 e. The molecule has 3 aromatic rings. The summed E-state index contributed by atoms with van der Waals surface area (Å²) < 4.78 is 0. The van der Waals surface area contributed by atoms with Gasteiger partial charge >= 0.3 is 0 Å².